The highest BCUT2D eigenvalue weighted by molar-refractivity contribution is 7.84. The summed E-state index contributed by atoms with van der Waals surface area (Å²) in [6, 6.07) is -3.85. The summed E-state index contributed by atoms with van der Waals surface area (Å²) in [5.41, 5.74) is 8.68. The van der Waals surface area contributed by atoms with Crippen LogP contribution in [0, 0.1) is 0 Å². The number of carboxylic acid groups (broad SMARTS) is 1. The lowest BCUT2D eigenvalue weighted by Gasteiger charge is -2.42. The number of β-lactam (4-membered cyclic amide) rings is 1. The van der Waals surface area contributed by atoms with E-state index in [1.165, 1.54) is 31.1 Å². The van der Waals surface area contributed by atoms with Gasteiger partial charge in [-0.25, -0.2) is 18.9 Å². The molecule has 0 aliphatic carbocycles. The fourth-order valence-corrected chi connectivity index (χ4v) is 6.78. The third kappa shape index (κ3) is 9.04. The molecule has 0 saturated carbocycles. The number of nitrogens with zero attached hydrogens (tertiary/aromatic N) is 7. The number of rotatable bonds is 13. The predicted molar refractivity (Wildman–Crippen MR) is 170 cm³/mol. The van der Waals surface area contributed by atoms with E-state index in [0.717, 1.165) is 11.3 Å². The molecule has 3 aliphatic heterocycles. The maximum absolute atomic E-state index is 12.6. The van der Waals surface area contributed by atoms with Gasteiger partial charge in [-0.05, 0) is 46.6 Å². The summed E-state index contributed by atoms with van der Waals surface area (Å²) in [5, 5.41) is 24.9. The molecule has 8 N–H and O–H groups in total. The molecule has 2 aromatic heterocycles. The van der Waals surface area contributed by atoms with Crippen LogP contribution >= 0.6 is 11.3 Å². The molecule has 0 aromatic carbocycles. The van der Waals surface area contributed by atoms with Gasteiger partial charge in [0.2, 0.25) is 17.4 Å². The molecule has 2 bridgehead atoms. The fourth-order valence-electron chi connectivity index (χ4n) is 4.96. The first-order valence-electron chi connectivity index (χ1n) is 14.8. The number of carboxylic acids is 1. The molecule has 27 heteroatoms. The monoisotopic (exact) mass is 782 g/mol. The number of urea groups is 1. The number of nitrogens with two attached hydrogens (primary N) is 2. The van der Waals surface area contributed by atoms with Crippen molar-refractivity contribution in [2.45, 2.75) is 76.2 Å². The van der Waals surface area contributed by atoms with Gasteiger partial charge in [0, 0.05) is 18.3 Å². The van der Waals surface area contributed by atoms with Crippen molar-refractivity contribution in [3.8, 4) is 0 Å². The highest BCUT2D eigenvalue weighted by Crippen LogP contribution is 2.38. The SMILES string of the molecule is C[C@H]1[C@H](NC(=O)/C(=N\OC(C)(C)C(=O)O)c2csc(N)n2)C(=O)N1S(=O)(=O)O.NCCCc1nnc(C2CC[C@@H]3CN2C(=O)N3OS(=O)(=O)O)o1. The Labute approximate surface area is 293 Å². The van der Waals surface area contributed by atoms with Gasteiger partial charge in [-0.3, -0.25) is 18.7 Å². The normalized spacial score (nSPS) is 22.3. The number of aryl methyl sites for hydroxylation is 1. The summed E-state index contributed by atoms with van der Waals surface area (Å²) in [5.74, 6) is -2.62. The van der Waals surface area contributed by atoms with Gasteiger partial charge in [-0.1, -0.05) is 5.16 Å². The Balaban J connectivity index is 0.000000233. The van der Waals surface area contributed by atoms with Crippen molar-refractivity contribution in [1.82, 2.24) is 34.8 Å². The molecule has 1 unspecified atom stereocenters. The van der Waals surface area contributed by atoms with Gasteiger partial charge in [-0.2, -0.15) is 21.9 Å². The van der Waals surface area contributed by atoms with E-state index >= 15 is 0 Å². The number of piperidine rings is 1. The van der Waals surface area contributed by atoms with Crippen LogP contribution in [0.25, 0.3) is 0 Å². The molecule has 282 valence electrons. The van der Waals surface area contributed by atoms with Crippen LogP contribution in [0.5, 0.6) is 0 Å². The lowest BCUT2D eigenvalue weighted by Crippen LogP contribution is -2.71. The van der Waals surface area contributed by atoms with Crippen LogP contribution in [0.1, 0.15) is 63.6 Å². The van der Waals surface area contributed by atoms with Crippen LogP contribution in [0.15, 0.2) is 15.0 Å². The second kappa shape index (κ2) is 15.0. The van der Waals surface area contributed by atoms with Crippen molar-refractivity contribution in [2.24, 2.45) is 10.9 Å². The van der Waals surface area contributed by atoms with E-state index in [1.54, 1.807) is 0 Å². The maximum atomic E-state index is 12.6. The number of thiazole rings is 1. The zero-order valence-corrected chi connectivity index (χ0v) is 29.4. The number of anilines is 1. The molecule has 5 heterocycles. The van der Waals surface area contributed by atoms with Gasteiger partial charge in [0.25, 0.3) is 11.8 Å². The molecule has 24 nitrogen and oxygen atoms in total. The maximum Gasteiger partial charge on any atom is 0.418 e. The molecule has 4 atom stereocenters. The first-order valence-corrected chi connectivity index (χ1v) is 18.4. The van der Waals surface area contributed by atoms with Crippen molar-refractivity contribution >= 4 is 66.7 Å². The molecule has 2 aromatic rings. The molecular weight excluding hydrogens is 749 g/mol. The Bertz CT molecular complexity index is 1910. The number of carbonyl (C=O) groups is 4. The lowest BCUT2D eigenvalue weighted by atomic mass is 10.0. The van der Waals surface area contributed by atoms with E-state index in [4.69, 9.17) is 34.9 Å². The van der Waals surface area contributed by atoms with Crippen LogP contribution in [0.4, 0.5) is 9.93 Å². The molecule has 4 amide bonds. The van der Waals surface area contributed by atoms with Gasteiger partial charge in [0.15, 0.2) is 10.8 Å². The Morgan fingerprint density at radius 3 is 2.43 bits per heavy atom. The zero-order valence-electron chi connectivity index (χ0n) is 27.0. The Morgan fingerprint density at radius 1 is 1.20 bits per heavy atom. The number of aromatic nitrogens is 3. The third-order valence-corrected chi connectivity index (χ3v) is 9.62. The number of fused-ring (bicyclic) bond motifs is 2. The Kier molecular flexibility index (Phi) is 11.5. The Morgan fingerprint density at radius 2 is 1.88 bits per heavy atom. The van der Waals surface area contributed by atoms with E-state index in [-0.39, 0.29) is 21.7 Å². The molecule has 3 aliphatic rings. The second-order valence-corrected chi connectivity index (χ2v) is 14.8. The predicted octanol–water partition coefficient (Wildman–Crippen LogP) is -1.54. The topological polar surface area (TPSA) is 354 Å². The van der Waals surface area contributed by atoms with Crippen LogP contribution in [-0.4, -0.2) is 127 Å². The number of hydroxylamine groups is 2. The van der Waals surface area contributed by atoms with Crippen molar-refractivity contribution in [1.29, 1.82) is 0 Å². The number of carbonyl (C=O) groups excluding carboxylic acids is 3. The van der Waals surface area contributed by atoms with Crippen molar-refractivity contribution in [2.75, 3.05) is 18.8 Å². The molecule has 3 fully saturated rings. The van der Waals surface area contributed by atoms with E-state index in [9.17, 15) is 36.0 Å². The number of nitrogens with one attached hydrogen (secondary N) is 1. The van der Waals surface area contributed by atoms with Crippen molar-refractivity contribution < 1.29 is 63.8 Å². The number of hydrogen-bond acceptors (Lipinski definition) is 18. The minimum absolute atomic E-state index is 0.0350. The molecular formula is C24H34N10O14S3. The van der Waals surface area contributed by atoms with Crippen molar-refractivity contribution in [3.05, 3.63) is 22.9 Å². The van der Waals surface area contributed by atoms with E-state index in [0.29, 0.717) is 49.1 Å². The van der Waals surface area contributed by atoms with Crippen LogP contribution in [0.3, 0.4) is 0 Å². The molecule has 0 radical (unpaired) electrons. The largest absolute Gasteiger partial charge is 0.478 e. The number of oxime groups is 1. The highest BCUT2D eigenvalue weighted by atomic mass is 32.3. The summed E-state index contributed by atoms with van der Waals surface area (Å²) < 4.78 is 71.8. The van der Waals surface area contributed by atoms with Gasteiger partial charge < -0.3 is 36.0 Å². The van der Waals surface area contributed by atoms with Gasteiger partial charge in [0.1, 0.15) is 17.8 Å². The van der Waals surface area contributed by atoms with Crippen LogP contribution in [0.2, 0.25) is 0 Å². The summed E-state index contributed by atoms with van der Waals surface area (Å²) in [6.45, 7) is 4.47. The minimum atomic E-state index is -4.76. The summed E-state index contributed by atoms with van der Waals surface area (Å²) >= 11 is 0.980. The lowest BCUT2D eigenvalue weighted by molar-refractivity contribution is -0.161. The summed E-state index contributed by atoms with van der Waals surface area (Å²) in [6.07, 6.45) is 2.29. The van der Waals surface area contributed by atoms with Crippen LogP contribution < -0.4 is 16.8 Å². The second-order valence-electron chi connectivity index (χ2n) is 11.7. The minimum Gasteiger partial charge on any atom is -0.478 e. The average Bonchev–Trinajstić information content (AvgIpc) is 3.74. The first-order chi connectivity index (χ1) is 23.6. The van der Waals surface area contributed by atoms with E-state index in [1.807, 2.05) is 0 Å². The molecule has 51 heavy (non-hydrogen) atoms. The fraction of sp³-hybridized carbons (Fsp3) is 0.583. The highest BCUT2D eigenvalue weighted by Gasteiger charge is 2.52. The molecule has 0 spiro atoms. The zero-order chi connectivity index (χ0) is 38.1. The van der Waals surface area contributed by atoms with E-state index < -0.39 is 80.0 Å². The standard InChI is InChI=1S/C13H17N5O8S2.C11H17N5O6S/c1-5-7(10(20)18(5)28(23,24)25)16-9(19)8(6-4-27-12(14)15-6)17-26-13(2,3)11(21)22;12-5-1-2-9-13-14-10(21-9)8-4-3-7-6-15(8)11(17)16(7)22-23(18,19)20/h4-5,7H,1-3H3,(H2,14,15)(H,16,19)(H,21,22)(H,23,24,25);7-8H,1-6,12H2,(H,18,19,20)/b17-8-;/t5-,7-;7-,8?/m01/s1. The van der Waals surface area contributed by atoms with E-state index in [2.05, 4.69) is 29.9 Å². The number of amides is 4. The van der Waals surface area contributed by atoms with Gasteiger partial charge in [-0.15, -0.1) is 25.8 Å². The molecule has 3 saturated heterocycles. The smallest absolute Gasteiger partial charge is 0.418 e. The number of nitrogen functional groups attached to an aromatic ring is 1. The summed E-state index contributed by atoms with van der Waals surface area (Å²) in [7, 11) is -9.51. The Hall–Kier alpha value is -4.54. The number of hydrogen-bond donors (Lipinski definition) is 6. The van der Waals surface area contributed by atoms with Gasteiger partial charge in [0.05, 0.1) is 12.1 Å². The molecule has 5 rings (SSSR count). The number of aliphatic carboxylic acids is 1. The van der Waals surface area contributed by atoms with Crippen LogP contribution in [-0.2, 0) is 50.6 Å². The average molecular weight is 783 g/mol. The van der Waals surface area contributed by atoms with Gasteiger partial charge >= 0.3 is 32.7 Å². The van der Waals surface area contributed by atoms with Crippen molar-refractivity contribution in [3.63, 3.8) is 0 Å². The first kappa shape index (κ1) is 39.2. The summed E-state index contributed by atoms with van der Waals surface area (Å²) in [4.78, 5) is 58.1. The third-order valence-electron chi connectivity index (χ3n) is 7.59. The quantitative estimate of drug-likeness (QED) is 0.0580.